The van der Waals surface area contributed by atoms with Crippen LogP contribution in [0.4, 0.5) is 0 Å². The van der Waals surface area contributed by atoms with E-state index in [1.807, 2.05) is 41.9 Å². The highest BCUT2D eigenvalue weighted by Crippen LogP contribution is 2.29. The van der Waals surface area contributed by atoms with Gasteiger partial charge in [0.15, 0.2) is 0 Å². The van der Waals surface area contributed by atoms with E-state index in [4.69, 9.17) is 0 Å². The third-order valence-electron chi connectivity index (χ3n) is 2.65. The van der Waals surface area contributed by atoms with Gasteiger partial charge in [-0.25, -0.2) is 0 Å². The second kappa shape index (κ2) is 4.39. The maximum Gasteiger partial charge on any atom is 0.233 e. The Morgan fingerprint density at radius 3 is 2.56 bits per heavy atom. The van der Waals surface area contributed by atoms with Crippen molar-refractivity contribution in [3.05, 3.63) is 35.9 Å². The molecule has 3 nitrogen and oxygen atoms in total. The molecule has 0 unspecified atom stereocenters. The quantitative estimate of drug-likeness (QED) is 0.856. The van der Waals surface area contributed by atoms with E-state index in [0.29, 0.717) is 0 Å². The number of benzene rings is 1. The SMILES string of the molecule is CCCn1nc(O)c(C)c1-c1ccccc1. The summed E-state index contributed by atoms with van der Waals surface area (Å²) >= 11 is 0. The molecule has 16 heavy (non-hydrogen) atoms. The molecular weight excluding hydrogens is 200 g/mol. The van der Waals surface area contributed by atoms with Gasteiger partial charge in [0.05, 0.1) is 5.69 Å². The van der Waals surface area contributed by atoms with Crippen LogP contribution in [0.15, 0.2) is 30.3 Å². The number of nitrogens with zero attached hydrogens (tertiary/aromatic N) is 2. The number of hydrogen-bond donors (Lipinski definition) is 1. The first kappa shape index (κ1) is 10.7. The molecule has 1 aromatic carbocycles. The van der Waals surface area contributed by atoms with Crippen LogP contribution in [0, 0.1) is 6.92 Å². The molecule has 1 N–H and O–H groups in total. The minimum atomic E-state index is 0.132. The smallest absolute Gasteiger partial charge is 0.233 e. The van der Waals surface area contributed by atoms with Crippen LogP contribution in [-0.4, -0.2) is 14.9 Å². The van der Waals surface area contributed by atoms with Crippen molar-refractivity contribution >= 4 is 0 Å². The largest absolute Gasteiger partial charge is 0.492 e. The van der Waals surface area contributed by atoms with E-state index in [-0.39, 0.29) is 5.88 Å². The highest BCUT2D eigenvalue weighted by atomic mass is 16.3. The fraction of sp³-hybridized carbons (Fsp3) is 0.308. The minimum Gasteiger partial charge on any atom is -0.492 e. The molecule has 0 saturated carbocycles. The monoisotopic (exact) mass is 216 g/mol. The molecule has 0 amide bonds. The van der Waals surface area contributed by atoms with Crippen molar-refractivity contribution in [3.63, 3.8) is 0 Å². The van der Waals surface area contributed by atoms with Crippen molar-refractivity contribution in [1.29, 1.82) is 0 Å². The Hall–Kier alpha value is -1.77. The molecule has 84 valence electrons. The Kier molecular flexibility index (Phi) is 2.95. The zero-order valence-electron chi connectivity index (χ0n) is 9.64. The van der Waals surface area contributed by atoms with Crippen LogP contribution >= 0.6 is 0 Å². The summed E-state index contributed by atoms with van der Waals surface area (Å²) in [6.07, 6.45) is 1.00. The molecule has 0 fully saturated rings. The van der Waals surface area contributed by atoms with Crippen LogP contribution in [0.2, 0.25) is 0 Å². The molecule has 1 aromatic heterocycles. The zero-order valence-corrected chi connectivity index (χ0v) is 9.64. The van der Waals surface area contributed by atoms with Gasteiger partial charge in [0.1, 0.15) is 0 Å². The lowest BCUT2D eigenvalue weighted by molar-refractivity contribution is 0.434. The molecule has 3 heteroatoms. The van der Waals surface area contributed by atoms with Crippen LogP contribution in [0.3, 0.4) is 0 Å². The predicted octanol–water partition coefficient (Wildman–Crippen LogP) is 2.97. The van der Waals surface area contributed by atoms with E-state index in [2.05, 4.69) is 12.0 Å². The van der Waals surface area contributed by atoms with Gasteiger partial charge in [0.2, 0.25) is 5.88 Å². The van der Waals surface area contributed by atoms with Gasteiger partial charge >= 0.3 is 0 Å². The fourth-order valence-electron chi connectivity index (χ4n) is 1.87. The average Bonchev–Trinajstić information content (AvgIpc) is 2.57. The summed E-state index contributed by atoms with van der Waals surface area (Å²) in [6, 6.07) is 10.1. The predicted molar refractivity (Wildman–Crippen MR) is 64.4 cm³/mol. The Morgan fingerprint density at radius 1 is 1.25 bits per heavy atom. The van der Waals surface area contributed by atoms with E-state index in [0.717, 1.165) is 29.8 Å². The van der Waals surface area contributed by atoms with E-state index in [9.17, 15) is 5.11 Å². The molecule has 2 rings (SSSR count). The first-order valence-electron chi connectivity index (χ1n) is 5.55. The van der Waals surface area contributed by atoms with Crippen LogP contribution in [-0.2, 0) is 6.54 Å². The maximum absolute atomic E-state index is 9.68. The molecule has 2 aromatic rings. The average molecular weight is 216 g/mol. The molecule has 0 spiro atoms. The molecule has 0 bridgehead atoms. The van der Waals surface area contributed by atoms with Crippen LogP contribution in [0.5, 0.6) is 5.88 Å². The van der Waals surface area contributed by atoms with E-state index < -0.39 is 0 Å². The topological polar surface area (TPSA) is 38.0 Å². The lowest BCUT2D eigenvalue weighted by Gasteiger charge is -2.06. The molecule has 0 saturated heterocycles. The molecule has 0 aliphatic rings. The fourth-order valence-corrected chi connectivity index (χ4v) is 1.87. The second-order valence-electron chi connectivity index (χ2n) is 3.89. The number of rotatable bonds is 3. The van der Waals surface area contributed by atoms with Gasteiger partial charge in [-0.2, -0.15) is 0 Å². The summed E-state index contributed by atoms with van der Waals surface area (Å²) in [5, 5.41) is 13.8. The van der Waals surface area contributed by atoms with Crippen molar-refractivity contribution in [3.8, 4) is 17.1 Å². The van der Waals surface area contributed by atoms with E-state index in [1.165, 1.54) is 0 Å². The molecule has 1 heterocycles. The molecule has 0 aliphatic heterocycles. The van der Waals surface area contributed by atoms with Crippen molar-refractivity contribution in [1.82, 2.24) is 9.78 Å². The summed E-state index contributed by atoms with van der Waals surface area (Å²) in [7, 11) is 0. The molecule has 0 atom stereocenters. The first-order valence-corrected chi connectivity index (χ1v) is 5.55. The molecule has 0 radical (unpaired) electrons. The lowest BCUT2D eigenvalue weighted by atomic mass is 10.1. The van der Waals surface area contributed by atoms with Crippen LogP contribution in [0.1, 0.15) is 18.9 Å². The zero-order chi connectivity index (χ0) is 11.5. The summed E-state index contributed by atoms with van der Waals surface area (Å²) in [5.41, 5.74) is 2.96. The normalized spacial score (nSPS) is 10.6. The molecule has 0 aliphatic carbocycles. The summed E-state index contributed by atoms with van der Waals surface area (Å²) in [4.78, 5) is 0. The van der Waals surface area contributed by atoms with Gasteiger partial charge in [-0.3, -0.25) is 4.68 Å². The number of aromatic nitrogens is 2. The standard InChI is InChI=1S/C13H16N2O/c1-3-9-15-12(10(2)13(16)14-15)11-7-5-4-6-8-11/h4-8H,3,9H2,1-2H3,(H,14,16). The van der Waals surface area contributed by atoms with Crippen molar-refractivity contribution in [2.75, 3.05) is 0 Å². The Bertz CT molecular complexity index is 474. The number of aromatic hydroxyl groups is 1. The van der Waals surface area contributed by atoms with Gasteiger partial charge in [-0.1, -0.05) is 37.3 Å². The Labute approximate surface area is 95.3 Å². The lowest BCUT2D eigenvalue weighted by Crippen LogP contribution is -2.01. The van der Waals surface area contributed by atoms with Gasteiger partial charge < -0.3 is 5.11 Å². The summed E-state index contributed by atoms with van der Waals surface area (Å²) in [6.45, 7) is 4.82. The third-order valence-corrected chi connectivity index (χ3v) is 2.65. The van der Waals surface area contributed by atoms with E-state index >= 15 is 0 Å². The van der Waals surface area contributed by atoms with E-state index in [1.54, 1.807) is 0 Å². The first-order chi connectivity index (χ1) is 7.74. The summed E-state index contributed by atoms with van der Waals surface area (Å²) in [5.74, 6) is 0.132. The highest BCUT2D eigenvalue weighted by molar-refractivity contribution is 5.65. The Morgan fingerprint density at radius 2 is 1.94 bits per heavy atom. The maximum atomic E-state index is 9.68. The summed E-state index contributed by atoms with van der Waals surface area (Å²) < 4.78 is 1.88. The van der Waals surface area contributed by atoms with Gasteiger partial charge in [0.25, 0.3) is 0 Å². The van der Waals surface area contributed by atoms with Gasteiger partial charge in [-0.15, -0.1) is 5.10 Å². The van der Waals surface area contributed by atoms with Gasteiger partial charge in [0, 0.05) is 17.7 Å². The minimum absolute atomic E-state index is 0.132. The molecular formula is C13H16N2O. The third kappa shape index (κ3) is 1.81. The van der Waals surface area contributed by atoms with Gasteiger partial charge in [-0.05, 0) is 13.3 Å². The number of hydrogen-bond acceptors (Lipinski definition) is 2. The van der Waals surface area contributed by atoms with Crippen molar-refractivity contribution in [2.45, 2.75) is 26.8 Å². The van der Waals surface area contributed by atoms with Crippen LogP contribution in [0.25, 0.3) is 11.3 Å². The van der Waals surface area contributed by atoms with Crippen LogP contribution < -0.4 is 0 Å². The van der Waals surface area contributed by atoms with Crippen molar-refractivity contribution < 1.29 is 5.11 Å². The highest BCUT2D eigenvalue weighted by Gasteiger charge is 2.14. The van der Waals surface area contributed by atoms with Crippen molar-refractivity contribution in [2.24, 2.45) is 0 Å². The second-order valence-corrected chi connectivity index (χ2v) is 3.89. The Balaban J connectivity index is 2.54. The number of aryl methyl sites for hydroxylation is 1.